The second kappa shape index (κ2) is 11.4. The first kappa shape index (κ1) is 25.4. The van der Waals surface area contributed by atoms with Crippen molar-refractivity contribution in [1.29, 1.82) is 0 Å². The summed E-state index contributed by atoms with van der Waals surface area (Å²) in [6.07, 6.45) is 3.61. The van der Waals surface area contributed by atoms with Crippen LogP contribution in [0.25, 0.3) is 10.9 Å². The molecule has 3 aromatic carbocycles. The minimum atomic E-state index is -0.487. The first-order valence-corrected chi connectivity index (χ1v) is 12.6. The first-order valence-electron chi connectivity index (χ1n) is 12.6. The molecule has 1 aromatic heterocycles. The highest BCUT2D eigenvalue weighted by molar-refractivity contribution is 6.04. The minimum absolute atomic E-state index is 0.164. The van der Waals surface area contributed by atoms with Crippen molar-refractivity contribution in [1.82, 2.24) is 14.9 Å². The monoisotopic (exact) mass is 515 g/mol. The molecule has 1 fully saturated rings. The highest BCUT2D eigenvalue weighted by atomic mass is 19.1. The van der Waals surface area contributed by atoms with E-state index in [-0.39, 0.29) is 11.6 Å². The van der Waals surface area contributed by atoms with E-state index < -0.39 is 5.82 Å². The van der Waals surface area contributed by atoms with Gasteiger partial charge in [-0.3, -0.25) is 4.79 Å². The molecule has 2 N–H and O–H groups in total. The number of nitrogens with zero attached hydrogens (tertiary/aromatic N) is 3. The highest BCUT2D eigenvalue weighted by Crippen LogP contribution is 2.36. The van der Waals surface area contributed by atoms with E-state index in [0.29, 0.717) is 52.0 Å². The lowest BCUT2D eigenvalue weighted by molar-refractivity contribution is 0.102. The zero-order chi connectivity index (χ0) is 26.5. The van der Waals surface area contributed by atoms with E-state index >= 15 is 0 Å². The molecular formula is C29H30FN5O3. The lowest BCUT2D eigenvalue weighted by Crippen LogP contribution is -2.32. The summed E-state index contributed by atoms with van der Waals surface area (Å²) in [5, 5.41) is 6.50. The number of methoxy groups -OCH3 is 1. The van der Waals surface area contributed by atoms with Crippen molar-refractivity contribution in [3.8, 4) is 11.5 Å². The molecule has 1 aliphatic heterocycles. The molecule has 0 atom stereocenters. The highest BCUT2D eigenvalue weighted by Gasteiger charge is 2.19. The smallest absolute Gasteiger partial charge is 0.255 e. The van der Waals surface area contributed by atoms with Crippen LogP contribution in [0, 0.1) is 11.7 Å². The Balaban J connectivity index is 1.36. The molecule has 5 rings (SSSR count). The molecule has 0 saturated carbocycles. The van der Waals surface area contributed by atoms with Crippen LogP contribution in [0.3, 0.4) is 0 Å². The third-order valence-corrected chi connectivity index (χ3v) is 6.75. The molecule has 0 aliphatic carbocycles. The van der Waals surface area contributed by atoms with Gasteiger partial charge in [-0.2, -0.15) is 0 Å². The van der Waals surface area contributed by atoms with E-state index in [4.69, 9.17) is 9.47 Å². The van der Waals surface area contributed by atoms with E-state index in [1.807, 2.05) is 12.1 Å². The molecule has 9 heteroatoms. The lowest BCUT2D eigenvalue weighted by atomic mass is 9.98. The van der Waals surface area contributed by atoms with E-state index in [1.54, 1.807) is 37.4 Å². The van der Waals surface area contributed by atoms with Crippen LogP contribution in [0.4, 0.5) is 21.6 Å². The summed E-state index contributed by atoms with van der Waals surface area (Å²) in [5.74, 6) is 1.29. The third kappa shape index (κ3) is 5.84. The van der Waals surface area contributed by atoms with Gasteiger partial charge in [0.2, 0.25) is 0 Å². The number of halogens is 1. The average molecular weight is 516 g/mol. The van der Waals surface area contributed by atoms with Crippen LogP contribution in [0.5, 0.6) is 11.5 Å². The average Bonchev–Trinajstić information content (AvgIpc) is 2.94. The fourth-order valence-corrected chi connectivity index (χ4v) is 4.49. The summed E-state index contributed by atoms with van der Waals surface area (Å²) >= 11 is 0. The van der Waals surface area contributed by atoms with Crippen LogP contribution in [-0.4, -0.2) is 54.6 Å². The number of rotatable bonds is 8. The Kier molecular flexibility index (Phi) is 7.65. The molecule has 0 spiro atoms. The van der Waals surface area contributed by atoms with Gasteiger partial charge < -0.3 is 25.0 Å². The fourth-order valence-electron chi connectivity index (χ4n) is 4.49. The van der Waals surface area contributed by atoms with Gasteiger partial charge >= 0.3 is 0 Å². The van der Waals surface area contributed by atoms with Crippen LogP contribution < -0.4 is 20.1 Å². The third-order valence-electron chi connectivity index (χ3n) is 6.75. The van der Waals surface area contributed by atoms with Gasteiger partial charge in [-0.15, -0.1) is 0 Å². The number of nitrogens with one attached hydrogen (secondary N) is 2. The number of benzene rings is 3. The summed E-state index contributed by atoms with van der Waals surface area (Å²) in [6, 6.07) is 16.8. The lowest BCUT2D eigenvalue weighted by Gasteiger charge is -2.28. The van der Waals surface area contributed by atoms with Crippen molar-refractivity contribution >= 4 is 34.0 Å². The fraction of sp³-hybridized carbons (Fsp3) is 0.276. The molecule has 0 bridgehead atoms. The van der Waals surface area contributed by atoms with Gasteiger partial charge in [-0.25, -0.2) is 14.4 Å². The number of fused-ring (bicyclic) bond motifs is 1. The predicted octanol–water partition coefficient (Wildman–Crippen LogP) is 5.49. The summed E-state index contributed by atoms with van der Waals surface area (Å²) in [6.45, 7) is 2.75. The zero-order valence-corrected chi connectivity index (χ0v) is 21.4. The van der Waals surface area contributed by atoms with Crippen LogP contribution in [0.2, 0.25) is 0 Å². The van der Waals surface area contributed by atoms with Gasteiger partial charge in [0, 0.05) is 22.7 Å². The van der Waals surface area contributed by atoms with E-state index in [0.717, 1.165) is 25.9 Å². The maximum atomic E-state index is 14.8. The largest absolute Gasteiger partial charge is 0.493 e. The number of anilines is 3. The maximum Gasteiger partial charge on any atom is 0.255 e. The van der Waals surface area contributed by atoms with Gasteiger partial charge in [0.15, 0.2) is 11.5 Å². The van der Waals surface area contributed by atoms with Crippen LogP contribution in [0.1, 0.15) is 23.2 Å². The number of carbonyl (C=O) groups excluding carboxylic acids is 1. The Morgan fingerprint density at radius 2 is 1.84 bits per heavy atom. The summed E-state index contributed by atoms with van der Waals surface area (Å²) < 4.78 is 26.5. The van der Waals surface area contributed by atoms with E-state index in [2.05, 4.69) is 32.5 Å². The van der Waals surface area contributed by atoms with E-state index in [9.17, 15) is 9.18 Å². The standard InChI is InChI=1S/C29H30FN5O3/c1-35-12-10-19(11-13-35)17-38-27-16-24-22(15-26(27)37-2)28(32-18-31-24)34-25-14-21(8-9-23(25)30)33-29(36)20-6-4-3-5-7-20/h3-9,14-16,18-19H,10-13,17H2,1-2H3,(H,33,36)(H,31,32,34). The van der Waals surface area contributed by atoms with Crippen LogP contribution >= 0.6 is 0 Å². The topological polar surface area (TPSA) is 88.6 Å². The normalized spacial score (nSPS) is 14.3. The molecule has 38 heavy (non-hydrogen) atoms. The van der Waals surface area contributed by atoms with Crippen LogP contribution in [-0.2, 0) is 0 Å². The van der Waals surface area contributed by atoms with Crippen LogP contribution in [0.15, 0.2) is 67.0 Å². The quantitative estimate of drug-likeness (QED) is 0.321. The number of hydrogen-bond donors (Lipinski definition) is 2. The number of hydrogen-bond acceptors (Lipinski definition) is 7. The van der Waals surface area contributed by atoms with Crippen molar-refractivity contribution in [3.63, 3.8) is 0 Å². The number of carbonyl (C=O) groups is 1. The number of likely N-dealkylation sites (tertiary alicyclic amines) is 1. The molecule has 0 unspecified atom stereocenters. The number of piperidine rings is 1. The van der Waals surface area contributed by atoms with Gasteiger partial charge in [-0.05, 0) is 75.3 Å². The maximum absolute atomic E-state index is 14.8. The number of ether oxygens (including phenoxy) is 2. The van der Waals surface area contributed by atoms with Gasteiger partial charge in [-0.1, -0.05) is 18.2 Å². The Morgan fingerprint density at radius 1 is 1.05 bits per heavy atom. The zero-order valence-electron chi connectivity index (χ0n) is 21.4. The molecule has 4 aromatic rings. The molecule has 1 amide bonds. The van der Waals surface area contributed by atoms with Crippen molar-refractivity contribution in [2.45, 2.75) is 12.8 Å². The Morgan fingerprint density at radius 3 is 2.61 bits per heavy atom. The first-order chi connectivity index (χ1) is 18.5. The molecule has 2 heterocycles. The van der Waals surface area contributed by atoms with Crippen molar-refractivity contribution in [2.24, 2.45) is 5.92 Å². The van der Waals surface area contributed by atoms with E-state index in [1.165, 1.54) is 24.5 Å². The Hall–Kier alpha value is -4.24. The van der Waals surface area contributed by atoms with Crippen molar-refractivity contribution in [2.75, 3.05) is 44.5 Å². The SMILES string of the molecule is COc1cc2c(Nc3cc(NC(=O)c4ccccc4)ccc3F)ncnc2cc1OCC1CCN(C)CC1. The molecule has 8 nitrogen and oxygen atoms in total. The van der Waals surface area contributed by atoms with Gasteiger partial charge in [0.25, 0.3) is 5.91 Å². The Labute approximate surface area is 220 Å². The Bertz CT molecular complexity index is 1420. The second-order valence-electron chi connectivity index (χ2n) is 9.44. The van der Waals surface area contributed by atoms with Gasteiger partial charge in [0.1, 0.15) is 18.0 Å². The molecular weight excluding hydrogens is 485 g/mol. The molecule has 1 aliphatic rings. The van der Waals surface area contributed by atoms with Crippen molar-refractivity contribution in [3.05, 3.63) is 78.4 Å². The number of aromatic nitrogens is 2. The summed E-state index contributed by atoms with van der Waals surface area (Å²) in [5.41, 5.74) is 1.75. The second-order valence-corrected chi connectivity index (χ2v) is 9.44. The summed E-state index contributed by atoms with van der Waals surface area (Å²) in [4.78, 5) is 23.6. The van der Waals surface area contributed by atoms with Gasteiger partial charge in [0.05, 0.1) is 24.9 Å². The molecule has 0 radical (unpaired) electrons. The van der Waals surface area contributed by atoms with Crippen molar-refractivity contribution < 1.29 is 18.7 Å². The summed E-state index contributed by atoms with van der Waals surface area (Å²) in [7, 11) is 3.72. The minimum Gasteiger partial charge on any atom is -0.493 e. The predicted molar refractivity (Wildman–Crippen MR) is 146 cm³/mol. The molecule has 196 valence electrons. The molecule has 1 saturated heterocycles. The number of amides is 1.